The molecule has 0 unspecified atom stereocenters. The van der Waals surface area contributed by atoms with Crippen molar-refractivity contribution in [3.05, 3.63) is 47.7 Å². The van der Waals surface area contributed by atoms with Gasteiger partial charge in [0.25, 0.3) is 0 Å². The number of benzene rings is 1. The number of hydrogen-bond donors (Lipinski definition) is 0. The molecular formula is C19H23NO2. The predicted molar refractivity (Wildman–Crippen MR) is 90.6 cm³/mol. The third kappa shape index (κ3) is 4.69. The van der Waals surface area contributed by atoms with Crippen molar-refractivity contribution in [2.45, 2.75) is 46.1 Å². The topological polar surface area (TPSA) is 39.2 Å². The number of fused-ring (bicyclic) bond motifs is 1. The van der Waals surface area contributed by atoms with Gasteiger partial charge in [-0.05, 0) is 56.5 Å². The maximum absolute atomic E-state index is 11.7. The quantitative estimate of drug-likeness (QED) is 0.778. The van der Waals surface area contributed by atoms with Crippen molar-refractivity contribution in [3.8, 4) is 0 Å². The van der Waals surface area contributed by atoms with E-state index in [9.17, 15) is 4.79 Å². The normalized spacial score (nSPS) is 12.0. The number of pyridine rings is 1. The van der Waals surface area contributed by atoms with E-state index >= 15 is 0 Å². The molecule has 0 atom stereocenters. The SMILES string of the molecule is CCc1ccc2ncc(C=CCC(=O)OC(C)(C)C)cc2c1. The monoisotopic (exact) mass is 297 g/mol. The first-order chi connectivity index (χ1) is 10.4. The molecule has 1 aromatic carbocycles. The van der Waals surface area contributed by atoms with Gasteiger partial charge >= 0.3 is 5.97 Å². The van der Waals surface area contributed by atoms with Crippen LogP contribution < -0.4 is 0 Å². The maximum Gasteiger partial charge on any atom is 0.310 e. The van der Waals surface area contributed by atoms with Gasteiger partial charge in [-0.25, -0.2) is 0 Å². The largest absolute Gasteiger partial charge is 0.460 e. The van der Waals surface area contributed by atoms with Crippen molar-refractivity contribution in [3.63, 3.8) is 0 Å². The highest BCUT2D eigenvalue weighted by Gasteiger charge is 2.14. The van der Waals surface area contributed by atoms with Crippen LogP contribution in [0, 0.1) is 0 Å². The van der Waals surface area contributed by atoms with Gasteiger partial charge < -0.3 is 4.74 Å². The number of aryl methyl sites for hydroxylation is 1. The lowest BCUT2D eigenvalue weighted by Crippen LogP contribution is -2.23. The molecule has 22 heavy (non-hydrogen) atoms. The zero-order valence-electron chi connectivity index (χ0n) is 13.7. The average Bonchev–Trinajstić information content (AvgIpc) is 2.44. The van der Waals surface area contributed by atoms with Crippen LogP contribution in [0.5, 0.6) is 0 Å². The molecular weight excluding hydrogens is 274 g/mol. The average molecular weight is 297 g/mol. The number of esters is 1. The van der Waals surface area contributed by atoms with Gasteiger partial charge in [-0.2, -0.15) is 0 Å². The Bertz CT molecular complexity index is 696. The molecule has 0 aliphatic rings. The summed E-state index contributed by atoms with van der Waals surface area (Å²) in [4.78, 5) is 16.1. The molecule has 3 heteroatoms. The van der Waals surface area contributed by atoms with E-state index in [1.807, 2.05) is 45.2 Å². The second-order valence-electron chi connectivity index (χ2n) is 6.34. The van der Waals surface area contributed by atoms with Gasteiger partial charge in [0.1, 0.15) is 5.60 Å². The molecule has 0 bridgehead atoms. The Morgan fingerprint density at radius 1 is 1.27 bits per heavy atom. The summed E-state index contributed by atoms with van der Waals surface area (Å²) >= 11 is 0. The summed E-state index contributed by atoms with van der Waals surface area (Å²) in [6.45, 7) is 7.74. The highest BCUT2D eigenvalue weighted by atomic mass is 16.6. The van der Waals surface area contributed by atoms with Gasteiger partial charge in [0.05, 0.1) is 11.9 Å². The standard InChI is InChI=1S/C19H23NO2/c1-5-14-9-10-17-16(11-14)12-15(13-20-17)7-6-8-18(21)22-19(2,3)4/h6-7,9-13H,5,8H2,1-4H3. The molecule has 0 amide bonds. The van der Waals surface area contributed by atoms with E-state index in [1.165, 1.54) is 5.56 Å². The van der Waals surface area contributed by atoms with Crippen LogP contribution in [-0.4, -0.2) is 16.6 Å². The number of aromatic nitrogens is 1. The van der Waals surface area contributed by atoms with Crippen LogP contribution in [0.2, 0.25) is 0 Å². The van der Waals surface area contributed by atoms with Crippen LogP contribution in [0.4, 0.5) is 0 Å². The van der Waals surface area contributed by atoms with E-state index in [2.05, 4.69) is 30.1 Å². The first-order valence-electron chi connectivity index (χ1n) is 7.64. The van der Waals surface area contributed by atoms with Crippen molar-refractivity contribution in [2.75, 3.05) is 0 Å². The minimum atomic E-state index is -0.439. The molecule has 0 aliphatic heterocycles. The smallest absolute Gasteiger partial charge is 0.310 e. The summed E-state index contributed by atoms with van der Waals surface area (Å²) in [5, 5.41) is 1.12. The fourth-order valence-electron chi connectivity index (χ4n) is 2.18. The molecule has 0 N–H and O–H groups in total. The predicted octanol–water partition coefficient (Wildman–Crippen LogP) is 4.54. The Kier molecular flexibility index (Phi) is 4.96. The van der Waals surface area contributed by atoms with E-state index in [4.69, 9.17) is 4.74 Å². The molecule has 0 aliphatic carbocycles. The van der Waals surface area contributed by atoms with Crippen molar-refractivity contribution in [1.29, 1.82) is 0 Å². The number of nitrogens with zero attached hydrogens (tertiary/aromatic N) is 1. The van der Waals surface area contributed by atoms with Crippen molar-refractivity contribution >= 4 is 22.9 Å². The van der Waals surface area contributed by atoms with Gasteiger partial charge in [0, 0.05) is 11.6 Å². The van der Waals surface area contributed by atoms with Crippen LogP contribution in [0.1, 0.15) is 45.2 Å². The molecule has 0 saturated carbocycles. The summed E-state index contributed by atoms with van der Waals surface area (Å²) in [5.74, 6) is -0.217. The summed E-state index contributed by atoms with van der Waals surface area (Å²) < 4.78 is 5.27. The lowest BCUT2D eigenvalue weighted by Gasteiger charge is -2.18. The first-order valence-corrected chi connectivity index (χ1v) is 7.64. The molecule has 2 rings (SSSR count). The lowest BCUT2D eigenvalue weighted by molar-refractivity contribution is -0.153. The molecule has 0 spiro atoms. The molecule has 2 aromatic rings. The number of carbonyl (C=O) groups is 1. The van der Waals surface area contributed by atoms with E-state index in [-0.39, 0.29) is 12.4 Å². The van der Waals surface area contributed by atoms with Crippen molar-refractivity contribution < 1.29 is 9.53 Å². The van der Waals surface area contributed by atoms with Crippen LogP contribution in [-0.2, 0) is 16.0 Å². The first kappa shape index (κ1) is 16.2. The lowest BCUT2D eigenvalue weighted by atomic mass is 10.1. The Balaban J connectivity index is 2.08. The van der Waals surface area contributed by atoms with Gasteiger partial charge in [0.2, 0.25) is 0 Å². The molecule has 116 valence electrons. The van der Waals surface area contributed by atoms with Crippen LogP contribution in [0.3, 0.4) is 0 Å². The van der Waals surface area contributed by atoms with Crippen LogP contribution in [0.15, 0.2) is 36.5 Å². The minimum absolute atomic E-state index is 0.217. The Labute approximate surface area is 132 Å². The van der Waals surface area contributed by atoms with E-state index in [0.29, 0.717) is 0 Å². The van der Waals surface area contributed by atoms with Gasteiger partial charge in [0.15, 0.2) is 0 Å². The highest BCUT2D eigenvalue weighted by Crippen LogP contribution is 2.17. The molecule has 0 fully saturated rings. The zero-order chi connectivity index (χ0) is 16.2. The van der Waals surface area contributed by atoms with Crippen LogP contribution in [0.25, 0.3) is 17.0 Å². The minimum Gasteiger partial charge on any atom is -0.460 e. The third-order valence-electron chi connectivity index (χ3n) is 3.19. The maximum atomic E-state index is 11.7. The second-order valence-corrected chi connectivity index (χ2v) is 6.34. The second kappa shape index (κ2) is 6.73. The number of ether oxygens (including phenoxy) is 1. The summed E-state index contributed by atoms with van der Waals surface area (Å²) in [5.41, 5.74) is 2.83. The van der Waals surface area contributed by atoms with E-state index < -0.39 is 5.60 Å². The molecule has 3 nitrogen and oxygen atoms in total. The Morgan fingerprint density at radius 2 is 2.05 bits per heavy atom. The van der Waals surface area contributed by atoms with Gasteiger partial charge in [-0.3, -0.25) is 9.78 Å². The number of rotatable bonds is 4. The van der Waals surface area contributed by atoms with Crippen molar-refractivity contribution in [1.82, 2.24) is 4.98 Å². The van der Waals surface area contributed by atoms with E-state index in [1.54, 1.807) is 0 Å². The Hall–Kier alpha value is -2.16. The summed E-state index contributed by atoms with van der Waals surface area (Å²) in [6.07, 6.45) is 6.83. The Morgan fingerprint density at radius 3 is 2.73 bits per heavy atom. The molecule has 1 aromatic heterocycles. The van der Waals surface area contributed by atoms with Gasteiger partial charge in [-0.15, -0.1) is 0 Å². The fraction of sp³-hybridized carbons (Fsp3) is 0.368. The summed E-state index contributed by atoms with van der Waals surface area (Å²) in [7, 11) is 0. The molecule has 0 radical (unpaired) electrons. The number of carbonyl (C=O) groups excluding carboxylic acids is 1. The van der Waals surface area contributed by atoms with E-state index in [0.717, 1.165) is 22.9 Å². The molecule has 1 heterocycles. The van der Waals surface area contributed by atoms with Crippen LogP contribution >= 0.6 is 0 Å². The number of hydrogen-bond acceptors (Lipinski definition) is 3. The van der Waals surface area contributed by atoms with Crippen molar-refractivity contribution in [2.24, 2.45) is 0 Å². The fourth-order valence-corrected chi connectivity index (χ4v) is 2.18. The zero-order valence-corrected chi connectivity index (χ0v) is 13.7. The highest BCUT2D eigenvalue weighted by molar-refractivity contribution is 5.81. The molecule has 0 saturated heterocycles. The third-order valence-corrected chi connectivity index (χ3v) is 3.19. The van der Waals surface area contributed by atoms with Gasteiger partial charge in [-0.1, -0.05) is 25.1 Å². The summed E-state index contributed by atoms with van der Waals surface area (Å²) in [6, 6.07) is 8.40.